The average Bonchev–Trinajstić information content (AvgIpc) is 2.04. The van der Waals surface area contributed by atoms with E-state index in [4.69, 9.17) is 0 Å². The second-order valence-corrected chi connectivity index (χ2v) is 6.73. The first-order valence-corrected chi connectivity index (χ1v) is 6.88. The van der Waals surface area contributed by atoms with Crippen LogP contribution in [0.5, 0.6) is 0 Å². The second-order valence-electron chi connectivity index (χ2n) is 3.96. The van der Waals surface area contributed by atoms with Gasteiger partial charge < -0.3 is 0 Å². The molecule has 0 amide bonds. The van der Waals surface area contributed by atoms with Gasteiger partial charge in [0.25, 0.3) is 0 Å². The van der Waals surface area contributed by atoms with Crippen LogP contribution < -0.4 is 0 Å². The highest BCUT2D eigenvalue weighted by Gasteiger charge is 2.09. The van der Waals surface area contributed by atoms with E-state index in [0.717, 1.165) is 5.92 Å². The smallest absolute Gasteiger partial charge is 0.0280 e. The van der Waals surface area contributed by atoms with Gasteiger partial charge in [-0.1, -0.05) is 38.6 Å². The fraction of sp³-hybridized carbons (Fsp3) is 0.727. The molecule has 1 heterocycles. The van der Waals surface area contributed by atoms with Crippen LogP contribution in [0.25, 0.3) is 0 Å². The van der Waals surface area contributed by atoms with Crippen LogP contribution in [0.2, 0.25) is 0 Å². The summed E-state index contributed by atoms with van der Waals surface area (Å²) in [6, 6.07) is 0. The maximum atomic E-state index is 2.51. The molecule has 1 aliphatic heterocycles. The van der Waals surface area contributed by atoms with E-state index in [9.17, 15) is 0 Å². The van der Waals surface area contributed by atoms with Crippen LogP contribution in [0, 0.1) is 5.92 Å². The number of rotatable bonds is 1. The van der Waals surface area contributed by atoms with Crippen molar-refractivity contribution >= 4 is 13.3 Å². The van der Waals surface area contributed by atoms with E-state index >= 15 is 0 Å². The number of hydrogen-bond donors (Lipinski definition) is 0. The van der Waals surface area contributed by atoms with Crippen molar-refractivity contribution in [3.05, 3.63) is 11.4 Å². The number of hydrogen-bond acceptors (Lipinski definition) is 0. The Balaban J connectivity index is 2.72. The zero-order valence-corrected chi connectivity index (χ0v) is 9.56. The molecule has 1 rings (SSSR count). The Morgan fingerprint density at radius 3 is 2.67 bits per heavy atom. The molecule has 1 unspecified atom stereocenters. The van der Waals surface area contributed by atoms with Crippen molar-refractivity contribution in [2.45, 2.75) is 40.0 Å². The Hall–Kier alpha value is 0.0400. The van der Waals surface area contributed by atoms with Crippen molar-refractivity contribution in [3.63, 3.8) is 0 Å². The van der Waals surface area contributed by atoms with Crippen molar-refractivity contribution in [3.8, 4) is 0 Å². The van der Waals surface area contributed by atoms with Gasteiger partial charge in [-0.05, 0) is 38.3 Å². The Bertz CT molecular complexity index is 199. The zero-order valence-electron chi connectivity index (χ0n) is 8.56. The van der Waals surface area contributed by atoms with Gasteiger partial charge in [-0.15, -0.1) is 0 Å². The van der Waals surface area contributed by atoms with Crippen LogP contribution in [0.3, 0.4) is 0 Å². The molecule has 1 fully saturated rings. The second kappa shape index (κ2) is 4.92. The molecule has 0 saturated carbocycles. The average molecular weight is 184 g/mol. The summed E-state index contributed by atoms with van der Waals surface area (Å²) in [5, 5.41) is 1.80. The molecule has 0 spiro atoms. The van der Waals surface area contributed by atoms with E-state index in [1.165, 1.54) is 25.4 Å². The highest BCUT2D eigenvalue weighted by atomic mass is 31.1. The molecule has 1 atom stereocenters. The molecule has 0 nitrogen and oxygen atoms in total. The molecule has 1 saturated heterocycles. The summed E-state index contributed by atoms with van der Waals surface area (Å²) in [6.07, 6.45) is 8.28. The third-order valence-corrected chi connectivity index (χ3v) is 5.27. The minimum Gasteiger partial charge on any atom is -0.0985 e. The Labute approximate surface area is 77.5 Å². The van der Waals surface area contributed by atoms with Crippen LogP contribution in [0.4, 0.5) is 0 Å². The topological polar surface area (TPSA) is 0 Å². The van der Waals surface area contributed by atoms with Crippen molar-refractivity contribution < 1.29 is 0 Å². The molecule has 0 aromatic carbocycles. The van der Waals surface area contributed by atoms with Gasteiger partial charge in [-0.2, -0.15) is 0 Å². The minimum atomic E-state index is -0.185. The molecule has 70 valence electrons. The summed E-state index contributed by atoms with van der Waals surface area (Å²) < 4.78 is 0. The third-order valence-electron chi connectivity index (χ3n) is 2.44. The van der Waals surface area contributed by atoms with Crippen molar-refractivity contribution in [2.75, 3.05) is 6.16 Å². The van der Waals surface area contributed by atoms with E-state index in [2.05, 4.69) is 32.6 Å². The lowest BCUT2D eigenvalue weighted by Crippen LogP contribution is -1.95. The highest BCUT2D eigenvalue weighted by molar-refractivity contribution is 7.61. The lowest BCUT2D eigenvalue weighted by atomic mass is 10.1. The summed E-state index contributed by atoms with van der Waals surface area (Å²) in [6.45, 7) is 6.82. The van der Waals surface area contributed by atoms with Gasteiger partial charge in [0.2, 0.25) is 0 Å². The van der Waals surface area contributed by atoms with Gasteiger partial charge in [0.05, 0.1) is 0 Å². The standard InChI is InChI=1S/C11H21P/c1-4-12-8-6-5-7-11(12)9-10(2)3/h4,9-10,12H,5-8H2,1-3H3/b11-9-. The molecule has 0 aromatic rings. The van der Waals surface area contributed by atoms with Crippen LogP contribution in [0.1, 0.15) is 40.0 Å². The predicted octanol–water partition coefficient (Wildman–Crippen LogP) is 3.75. The normalized spacial score (nSPS) is 28.7. The van der Waals surface area contributed by atoms with Crippen molar-refractivity contribution in [2.24, 2.45) is 5.92 Å². The van der Waals surface area contributed by atoms with Crippen LogP contribution in [0.15, 0.2) is 11.4 Å². The third kappa shape index (κ3) is 2.83. The van der Waals surface area contributed by atoms with E-state index in [1.54, 1.807) is 5.31 Å². The van der Waals surface area contributed by atoms with Crippen molar-refractivity contribution in [1.29, 1.82) is 0 Å². The molecule has 1 heteroatoms. The van der Waals surface area contributed by atoms with Crippen LogP contribution in [-0.4, -0.2) is 12.0 Å². The Morgan fingerprint density at radius 1 is 1.33 bits per heavy atom. The molecule has 0 bridgehead atoms. The maximum Gasteiger partial charge on any atom is -0.0280 e. The Kier molecular flexibility index (Phi) is 4.15. The van der Waals surface area contributed by atoms with Crippen LogP contribution in [-0.2, 0) is 0 Å². The zero-order chi connectivity index (χ0) is 8.97. The molecule has 0 aromatic heterocycles. The predicted molar refractivity (Wildman–Crippen MR) is 61.7 cm³/mol. The van der Waals surface area contributed by atoms with Crippen LogP contribution >= 0.6 is 7.55 Å². The molecule has 0 aliphatic carbocycles. The van der Waals surface area contributed by atoms with Gasteiger partial charge in [0.1, 0.15) is 0 Å². The molecule has 12 heavy (non-hydrogen) atoms. The van der Waals surface area contributed by atoms with Gasteiger partial charge in [0, 0.05) is 0 Å². The van der Waals surface area contributed by atoms with E-state index in [1.807, 2.05) is 0 Å². The SMILES string of the molecule is C/C=[PH]1/CCCC/C1=C/C(C)C. The fourth-order valence-electron chi connectivity index (χ4n) is 1.87. The lowest BCUT2D eigenvalue weighted by Gasteiger charge is -2.19. The highest BCUT2D eigenvalue weighted by Crippen LogP contribution is 2.42. The molecule has 0 radical (unpaired) electrons. The van der Waals surface area contributed by atoms with Gasteiger partial charge in [-0.3, -0.25) is 0 Å². The monoisotopic (exact) mass is 184 g/mol. The van der Waals surface area contributed by atoms with E-state index in [-0.39, 0.29) is 7.55 Å². The quantitative estimate of drug-likeness (QED) is 0.544. The first-order valence-electron chi connectivity index (χ1n) is 5.10. The maximum absolute atomic E-state index is 2.51. The summed E-state index contributed by atoms with van der Waals surface area (Å²) in [5.74, 6) is 3.22. The summed E-state index contributed by atoms with van der Waals surface area (Å²) >= 11 is 0. The minimum absolute atomic E-state index is 0.185. The largest absolute Gasteiger partial charge is 0.0985 e. The summed E-state index contributed by atoms with van der Waals surface area (Å²) in [7, 11) is -0.185. The number of allylic oxidation sites excluding steroid dienone is 2. The molecule has 0 N–H and O–H groups in total. The van der Waals surface area contributed by atoms with E-state index in [0.29, 0.717) is 0 Å². The fourth-order valence-corrected chi connectivity index (χ4v) is 4.53. The van der Waals surface area contributed by atoms with Gasteiger partial charge >= 0.3 is 0 Å². The van der Waals surface area contributed by atoms with Gasteiger partial charge in [-0.25, -0.2) is 0 Å². The lowest BCUT2D eigenvalue weighted by molar-refractivity contribution is 0.769. The summed E-state index contributed by atoms with van der Waals surface area (Å²) in [5.41, 5.74) is 0. The molecular formula is C11H21P. The molecule has 1 aliphatic rings. The molecular weight excluding hydrogens is 163 g/mol. The Morgan fingerprint density at radius 2 is 2.08 bits per heavy atom. The first kappa shape index (κ1) is 10.1. The summed E-state index contributed by atoms with van der Waals surface area (Å²) in [4.78, 5) is 0. The van der Waals surface area contributed by atoms with E-state index < -0.39 is 0 Å². The first-order chi connectivity index (χ1) is 5.74. The van der Waals surface area contributed by atoms with Crippen molar-refractivity contribution in [1.82, 2.24) is 0 Å². The van der Waals surface area contributed by atoms with Gasteiger partial charge in [0.15, 0.2) is 0 Å².